The summed E-state index contributed by atoms with van der Waals surface area (Å²) in [5.41, 5.74) is 9.56. The molecule has 0 aliphatic rings. The summed E-state index contributed by atoms with van der Waals surface area (Å²) in [5, 5.41) is 0. The number of hydrogen-bond acceptors (Lipinski definition) is 3. The van der Waals surface area contributed by atoms with E-state index in [0.29, 0.717) is 0 Å². The predicted molar refractivity (Wildman–Crippen MR) is 81.7 cm³/mol. The number of ether oxygens (including phenoxy) is 1. The number of aromatic nitrogens is 1. The molecule has 2 aromatic rings. The molecule has 0 saturated carbocycles. The molecule has 2 rings (SSSR count). The van der Waals surface area contributed by atoms with Gasteiger partial charge in [-0.15, -0.1) is 0 Å². The summed E-state index contributed by atoms with van der Waals surface area (Å²) in [7, 11) is 0. The lowest BCUT2D eigenvalue weighted by Crippen LogP contribution is -1.97. The summed E-state index contributed by atoms with van der Waals surface area (Å²) in [4.78, 5) is 4.49. The van der Waals surface area contributed by atoms with Gasteiger partial charge in [0.05, 0.1) is 10.2 Å². The summed E-state index contributed by atoms with van der Waals surface area (Å²) in [6.07, 6.45) is 0.836. The zero-order valence-electron chi connectivity index (χ0n) is 11.3. The molecular formula is C15H17BrN2O. The van der Waals surface area contributed by atoms with E-state index in [9.17, 15) is 0 Å². The van der Waals surface area contributed by atoms with Crippen molar-refractivity contribution in [2.45, 2.75) is 27.2 Å². The molecule has 0 bridgehead atoms. The van der Waals surface area contributed by atoms with E-state index in [0.717, 1.165) is 45.0 Å². The lowest BCUT2D eigenvalue weighted by molar-refractivity contribution is 0.469. The van der Waals surface area contributed by atoms with Crippen molar-refractivity contribution in [2.75, 3.05) is 5.73 Å². The van der Waals surface area contributed by atoms with Crippen LogP contribution in [-0.2, 0) is 6.42 Å². The molecule has 0 spiro atoms. The molecule has 0 unspecified atom stereocenters. The average Bonchev–Trinajstić information content (AvgIpc) is 2.37. The molecule has 0 saturated heterocycles. The molecule has 1 aromatic heterocycles. The number of pyridine rings is 1. The molecular weight excluding hydrogens is 304 g/mol. The molecule has 1 aromatic carbocycles. The summed E-state index contributed by atoms with van der Waals surface area (Å²) in [6, 6.07) is 7.70. The minimum atomic E-state index is 0.747. The molecule has 19 heavy (non-hydrogen) atoms. The van der Waals surface area contributed by atoms with Crippen LogP contribution < -0.4 is 10.5 Å². The first-order chi connectivity index (χ1) is 9.01. The molecule has 4 heteroatoms. The maximum absolute atomic E-state index is 5.96. The summed E-state index contributed by atoms with van der Waals surface area (Å²) in [5.74, 6) is 1.55. The first-order valence-corrected chi connectivity index (χ1v) is 7.00. The van der Waals surface area contributed by atoms with Gasteiger partial charge in [0.15, 0.2) is 0 Å². The van der Waals surface area contributed by atoms with Crippen molar-refractivity contribution in [3.63, 3.8) is 0 Å². The van der Waals surface area contributed by atoms with Crippen LogP contribution in [0.15, 0.2) is 28.7 Å². The minimum Gasteiger partial charge on any atom is -0.454 e. The number of nitrogens with two attached hydrogens (primary N) is 1. The van der Waals surface area contributed by atoms with Crippen LogP contribution in [0.2, 0.25) is 0 Å². The van der Waals surface area contributed by atoms with Gasteiger partial charge in [-0.2, -0.15) is 0 Å². The van der Waals surface area contributed by atoms with E-state index in [4.69, 9.17) is 10.5 Å². The fraction of sp³-hybridized carbons (Fsp3) is 0.267. The molecule has 0 atom stereocenters. The van der Waals surface area contributed by atoms with Gasteiger partial charge in [-0.1, -0.05) is 6.92 Å². The van der Waals surface area contributed by atoms with Crippen molar-refractivity contribution >= 4 is 21.6 Å². The number of benzene rings is 1. The first kappa shape index (κ1) is 13.9. The molecule has 0 amide bonds. The highest BCUT2D eigenvalue weighted by atomic mass is 79.9. The number of rotatable bonds is 3. The monoisotopic (exact) mass is 320 g/mol. The smallest absolute Gasteiger partial charge is 0.148 e. The lowest BCUT2D eigenvalue weighted by Gasteiger charge is -2.13. The Morgan fingerprint density at radius 2 is 1.95 bits per heavy atom. The van der Waals surface area contributed by atoms with Gasteiger partial charge in [0.25, 0.3) is 0 Å². The number of halogens is 1. The molecule has 0 fully saturated rings. The van der Waals surface area contributed by atoms with E-state index in [2.05, 4.69) is 27.8 Å². The molecule has 0 aliphatic carbocycles. The molecule has 0 aliphatic heterocycles. The van der Waals surface area contributed by atoms with Gasteiger partial charge < -0.3 is 10.5 Å². The molecule has 1 heterocycles. The fourth-order valence-corrected chi connectivity index (χ4v) is 2.25. The highest BCUT2D eigenvalue weighted by Crippen LogP contribution is 2.34. The lowest BCUT2D eigenvalue weighted by atomic mass is 10.2. The fourth-order valence-electron chi connectivity index (χ4n) is 1.81. The van der Waals surface area contributed by atoms with Crippen molar-refractivity contribution in [3.05, 3.63) is 45.7 Å². The Kier molecular flexibility index (Phi) is 4.10. The van der Waals surface area contributed by atoms with Crippen LogP contribution in [0.4, 0.5) is 5.69 Å². The number of aryl methyl sites for hydroxylation is 3. The van der Waals surface area contributed by atoms with Gasteiger partial charge in [-0.05, 0) is 66.0 Å². The Labute approximate surface area is 121 Å². The van der Waals surface area contributed by atoms with Crippen molar-refractivity contribution in [1.82, 2.24) is 4.98 Å². The zero-order chi connectivity index (χ0) is 14.0. The van der Waals surface area contributed by atoms with Crippen molar-refractivity contribution in [2.24, 2.45) is 0 Å². The quantitative estimate of drug-likeness (QED) is 0.853. The van der Waals surface area contributed by atoms with E-state index < -0.39 is 0 Å². The number of anilines is 1. The summed E-state index contributed by atoms with van der Waals surface area (Å²) in [6.45, 7) is 6.01. The van der Waals surface area contributed by atoms with Crippen LogP contribution in [0.5, 0.6) is 11.5 Å². The third-order valence-electron chi connectivity index (χ3n) is 2.95. The van der Waals surface area contributed by atoms with E-state index in [1.165, 1.54) is 0 Å². The number of nitrogens with zero attached hydrogens (tertiary/aromatic N) is 1. The Morgan fingerprint density at radius 3 is 2.63 bits per heavy atom. The zero-order valence-corrected chi connectivity index (χ0v) is 12.9. The molecule has 100 valence electrons. The van der Waals surface area contributed by atoms with Crippen molar-refractivity contribution in [1.29, 1.82) is 0 Å². The Balaban J connectivity index is 2.39. The van der Waals surface area contributed by atoms with Gasteiger partial charge in [0.1, 0.15) is 11.5 Å². The van der Waals surface area contributed by atoms with Crippen LogP contribution in [0.3, 0.4) is 0 Å². The average molecular weight is 321 g/mol. The maximum atomic E-state index is 5.96. The summed E-state index contributed by atoms with van der Waals surface area (Å²) < 4.78 is 6.80. The third kappa shape index (κ3) is 3.07. The van der Waals surface area contributed by atoms with Crippen molar-refractivity contribution < 1.29 is 4.74 Å². The third-order valence-corrected chi connectivity index (χ3v) is 3.57. The highest BCUT2D eigenvalue weighted by molar-refractivity contribution is 9.10. The largest absolute Gasteiger partial charge is 0.454 e. The molecule has 0 radical (unpaired) electrons. The second-order valence-electron chi connectivity index (χ2n) is 4.49. The van der Waals surface area contributed by atoms with Crippen LogP contribution in [0.25, 0.3) is 0 Å². The Hall–Kier alpha value is -1.55. The highest BCUT2D eigenvalue weighted by Gasteiger charge is 2.09. The van der Waals surface area contributed by atoms with Gasteiger partial charge in [0, 0.05) is 11.4 Å². The second-order valence-corrected chi connectivity index (χ2v) is 5.35. The Morgan fingerprint density at radius 1 is 1.21 bits per heavy atom. The van der Waals surface area contributed by atoms with E-state index in [-0.39, 0.29) is 0 Å². The van der Waals surface area contributed by atoms with E-state index >= 15 is 0 Å². The van der Waals surface area contributed by atoms with Crippen LogP contribution >= 0.6 is 15.9 Å². The van der Waals surface area contributed by atoms with Gasteiger partial charge >= 0.3 is 0 Å². The van der Waals surface area contributed by atoms with Crippen molar-refractivity contribution in [3.8, 4) is 11.5 Å². The van der Waals surface area contributed by atoms with Crippen LogP contribution in [0.1, 0.15) is 23.9 Å². The van der Waals surface area contributed by atoms with Gasteiger partial charge in [-0.25, -0.2) is 0 Å². The van der Waals surface area contributed by atoms with Crippen LogP contribution in [0, 0.1) is 13.8 Å². The molecule has 3 nitrogen and oxygen atoms in total. The summed E-state index contributed by atoms with van der Waals surface area (Å²) >= 11 is 3.47. The second kappa shape index (κ2) is 5.61. The minimum absolute atomic E-state index is 0.747. The van der Waals surface area contributed by atoms with E-state index in [1.807, 2.05) is 38.1 Å². The SMILES string of the molecule is CCc1nc(C)ccc1Oc1cc(C)c(N)cc1Br. The van der Waals surface area contributed by atoms with Gasteiger partial charge in [-0.3, -0.25) is 4.98 Å². The number of hydrogen-bond donors (Lipinski definition) is 1. The van der Waals surface area contributed by atoms with Gasteiger partial charge in [0.2, 0.25) is 0 Å². The first-order valence-electron chi connectivity index (χ1n) is 6.21. The Bertz CT molecular complexity index is 611. The predicted octanol–water partition coefficient (Wildman–Crippen LogP) is 4.40. The number of nitrogen functional groups attached to an aromatic ring is 1. The topological polar surface area (TPSA) is 48.1 Å². The standard InChI is InChI=1S/C15H17BrN2O/c1-4-13-14(6-5-10(3)18-13)19-15-7-9(2)12(17)8-11(15)16/h5-8H,4,17H2,1-3H3. The molecule has 2 N–H and O–H groups in total. The van der Waals surface area contributed by atoms with E-state index in [1.54, 1.807) is 0 Å². The normalized spacial score (nSPS) is 10.5. The van der Waals surface area contributed by atoms with Crippen LogP contribution in [-0.4, -0.2) is 4.98 Å². The maximum Gasteiger partial charge on any atom is 0.148 e.